The summed E-state index contributed by atoms with van der Waals surface area (Å²) in [5, 5.41) is 11.5. The molecule has 1 unspecified atom stereocenters. The summed E-state index contributed by atoms with van der Waals surface area (Å²) in [7, 11) is 0. The van der Waals surface area contributed by atoms with Gasteiger partial charge in [-0.05, 0) is 18.8 Å². The van der Waals surface area contributed by atoms with E-state index in [-0.39, 0.29) is 24.5 Å². The van der Waals surface area contributed by atoms with E-state index in [4.69, 9.17) is 5.11 Å². The van der Waals surface area contributed by atoms with Crippen LogP contribution in [0, 0.1) is 5.92 Å². The van der Waals surface area contributed by atoms with Crippen molar-refractivity contribution in [3.05, 3.63) is 0 Å². The summed E-state index contributed by atoms with van der Waals surface area (Å²) in [4.78, 5) is 25.5. The molecule has 0 aromatic rings. The second-order valence-corrected chi connectivity index (χ2v) is 5.25. The molecule has 1 spiro atoms. The van der Waals surface area contributed by atoms with Crippen LogP contribution in [0.2, 0.25) is 0 Å². The number of hydrogen-bond acceptors (Lipinski definition) is 3. The van der Waals surface area contributed by atoms with E-state index >= 15 is 0 Å². The minimum Gasteiger partial charge on any atom is -0.396 e. The molecular formula is C12H20N2O3. The number of aliphatic hydroxyl groups excluding tert-OH is 1. The van der Waals surface area contributed by atoms with Gasteiger partial charge >= 0.3 is 6.03 Å². The zero-order chi connectivity index (χ0) is 12.5. The SMILES string of the molecule is CC(CO)CN1C(=O)NC(=O)C12CCCCC2. The maximum absolute atomic E-state index is 12.0. The molecule has 3 amide bonds. The summed E-state index contributed by atoms with van der Waals surface area (Å²) < 4.78 is 0. The van der Waals surface area contributed by atoms with Gasteiger partial charge in [-0.25, -0.2) is 4.79 Å². The zero-order valence-corrected chi connectivity index (χ0v) is 10.2. The van der Waals surface area contributed by atoms with Crippen molar-refractivity contribution in [1.82, 2.24) is 10.2 Å². The van der Waals surface area contributed by atoms with Gasteiger partial charge < -0.3 is 10.0 Å². The Bertz CT molecular complexity index is 324. The minimum absolute atomic E-state index is 0.00505. The lowest BCUT2D eigenvalue weighted by atomic mass is 9.80. The molecule has 5 heteroatoms. The normalized spacial score (nSPS) is 25.2. The van der Waals surface area contributed by atoms with E-state index in [1.807, 2.05) is 6.92 Å². The van der Waals surface area contributed by atoms with Gasteiger partial charge in [0.15, 0.2) is 0 Å². The third kappa shape index (κ3) is 2.04. The van der Waals surface area contributed by atoms with Gasteiger partial charge in [0, 0.05) is 13.2 Å². The molecule has 1 heterocycles. The van der Waals surface area contributed by atoms with Crippen molar-refractivity contribution < 1.29 is 14.7 Å². The van der Waals surface area contributed by atoms with Crippen LogP contribution in [0.5, 0.6) is 0 Å². The van der Waals surface area contributed by atoms with Crippen molar-refractivity contribution in [3.63, 3.8) is 0 Å². The average molecular weight is 240 g/mol. The van der Waals surface area contributed by atoms with E-state index in [0.29, 0.717) is 6.54 Å². The number of carbonyl (C=O) groups excluding carboxylic acids is 2. The van der Waals surface area contributed by atoms with Gasteiger partial charge in [0.2, 0.25) is 0 Å². The molecule has 1 saturated carbocycles. The van der Waals surface area contributed by atoms with E-state index in [1.54, 1.807) is 4.90 Å². The van der Waals surface area contributed by atoms with Gasteiger partial charge in [0.25, 0.3) is 5.91 Å². The maximum atomic E-state index is 12.0. The summed E-state index contributed by atoms with van der Waals surface area (Å²) >= 11 is 0. The summed E-state index contributed by atoms with van der Waals surface area (Å²) in [5.41, 5.74) is -0.626. The molecule has 2 N–H and O–H groups in total. The van der Waals surface area contributed by atoms with Crippen LogP contribution < -0.4 is 5.32 Å². The van der Waals surface area contributed by atoms with Crippen molar-refractivity contribution in [2.75, 3.05) is 13.2 Å². The fourth-order valence-electron chi connectivity index (χ4n) is 2.86. The smallest absolute Gasteiger partial charge is 0.325 e. The predicted molar refractivity (Wildman–Crippen MR) is 62.3 cm³/mol. The molecule has 0 radical (unpaired) electrons. The Morgan fingerprint density at radius 3 is 2.59 bits per heavy atom. The minimum atomic E-state index is -0.626. The van der Waals surface area contributed by atoms with Crippen LogP contribution >= 0.6 is 0 Å². The molecule has 5 nitrogen and oxygen atoms in total. The molecule has 2 fully saturated rings. The first-order chi connectivity index (χ1) is 8.10. The first-order valence-corrected chi connectivity index (χ1v) is 6.34. The number of carbonyl (C=O) groups is 2. The number of rotatable bonds is 3. The lowest BCUT2D eigenvalue weighted by Crippen LogP contribution is -2.52. The Balaban J connectivity index is 2.20. The number of imide groups is 1. The fourth-order valence-corrected chi connectivity index (χ4v) is 2.86. The second-order valence-electron chi connectivity index (χ2n) is 5.25. The summed E-state index contributed by atoms with van der Waals surface area (Å²) in [6, 6.07) is -0.294. The fraction of sp³-hybridized carbons (Fsp3) is 0.833. The second kappa shape index (κ2) is 4.64. The highest BCUT2D eigenvalue weighted by Gasteiger charge is 2.52. The quantitative estimate of drug-likeness (QED) is 0.719. The standard InChI is InChI=1S/C12H20N2O3/c1-9(8-15)7-14-11(17)13-10(16)12(14)5-3-2-4-6-12/h9,15H,2-8H2,1H3,(H,13,16,17). The van der Waals surface area contributed by atoms with E-state index in [1.165, 1.54) is 0 Å². The van der Waals surface area contributed by atoms with E-state index in [0.717, 1.165) is 32.1 Å². The van der Waals surface area contributed by atoms with Crippen LogP contribution in [0.3, 0.4) is 0 Å². The summed E-state index contributed by atoms with van der Waals surface area (Å²) in [5.74, 6) is -0.141. The van der Waals surface area contributed by atoms with Crippen LogP contribution in [0.1, 0.15) is 39.0 Å². The molecule has 1 atom stereocenters. The molecule has 1 saturated heterocycles. The summed E-state index contributed by atoms with van der Waals surface area (Å²) in [6.07, 6.45) is 4.62. The lowest BCUT2D eigenvalue weighted by molar-refractivity contribution is -0.128. The highest BCUT2D eigenvalue weighted by Crippen LogP contribution is 2.37. The van der Waals surface area contributed by atoms with Crippen molar-refractivity contribution in [2.24, 2.45) is 5.92 Å². The highest BCUT2D eigenvalue weighted by atomic mass is 16.3. The Kier molecular flexibility index (Phi) is 3.38. The molecule has 1 aliphatic heterocycles. The molecule has 96 valence electrons. The first kappa shape index (κ1) is 12.4. The van der Waals surface area contributed by atoms with Crippen molar-refractivity contribution in [3.8, 4) is 0 Å². The molecule has 0 bridgehead atoms. The molecule has 2 aliphatic rings. The van der Waals surface area contributed by atoms with E-state index < -0.39 is 5.54 Å². The summed E-state index contributed by atoms with van der Waals surface area (Å²) in [6.45, 7) is 2.37. The number of nitrogens with zero attached hydrogens (tertiary/aromatic N) is 1. The number of hydrogen-bond donors (Lipinski definition) is 2. The zero-order valence-electron chi connectivity index (χ0n) is 10.2. The Labute approximate surface area is 101 Å². The highest BCUT2D eigenvalue weighted by molar-refractivity contribution is 6.07. The predicted octanol–water partition coefficient (Wildman–Crippen LogP) is 0.869. The van der Waals surface area contributed by atoms with Gasteiger partial charge in [-0.2, -0.15) is 0 Å². The van der Waals surface area contributed by atoms with E-state index in [9.17, 15) is 9.59 Å². The molecule has 2 rings (SSSR count). The molecule has 0 aromatic carbocycles. The van der Waals surface area contributed by atoms with Gasteiger partial charge in [-0.3, -0.25) is 10.1 Å². The van der Waals surface area contributed by atoms with Gasteiger partial charge in [-0.1, -0.05) is 26.2 Å². The van der Waals surface area contributed by atoms with Crippen LogP contribution in [-0.2, 0) is 4.79 Å². The monoisotopic (exact) mass is 240 g/mol. The number of urea groups is 1. The topological polar surface area (TPSA) is 69.6 Å². The largest absolute Gasteiger partial charge is 0.396 e. The van der Waals surface area contributed by atoms with Crippen LogP contribution in [0.25, 0.3) is 0 Å². The van der Waals surface area contributed by atoms with Gasteiger partial charge in [0.05, 0.1) is 0 Å². The Morgan fingerprint density at radius 2 is 2.00 bits per heavy atom. The third-order valence-electron chi connectivity index (χ3n) is 3.89. The Hall–Kier alpha value is -1.10. The molecular weight excluding hydrogens is 220 g/mol. The number of nitrogens with one attached hydrogen (secondary N) is 1. The molecule has 0 aromatic heterocycles. The van der Waals surface area contributed by atoms with Gasteiger partial charge in [0.1, 0.15) is 5.54 Å². The van der Waals surface area contributed by atoms with Crippen LogP contribution in [0.4, 0.5) is 4.79 Å². The van der Waals surface area contributed by atoms with Gasteiger partial charge in [-0.15, -0.1) is 0 Å². The van der Waals surface area contributed by atoms with Crippen molar-refractivity contribution in [1.29, 1.82) is 0 Å². The van der Waals surface area contributed by atoms with Crippen LogP contribution in [-0.4, -0.2) is 40.6 Å². The third-order valence-corrected chi connectivity index (χ3v) is 3.89. The number of aliphatic hydroxyl groups is 1. The molecule has 17 heavy (non-hydrogen) atoms. The molecule has 1 aliphatic carbocycles. The van der Waals surface area contributed by atoms with Crippen molar-refractivity contribution in [2.45, 2.75) is 44.6 Å². The average Bonchev–Trinajstić information content (AvgIpc) is 2.55. The lowest BCUT2D eigenvalue weighted by Gasteiger charge is -2.39. The first-order valence-electron chi connectivity index (χ1n) is 6.34. The number of amides is 3. The Morgan fingerprint density at radius 1 is 1.35 bits per heavy atom. The van der Waals surface area contributed by atoms with E-state index in [2.05, 4.69) is 5.32 Å². The maximum Gasteiger partial charge on any atom is 0.325 e. The van der Waals surface area contributed by atoms with Crippen molar-refractivity contribution >= 4 is 11.9 Å². The van der Waals surface area contributed by atoms with Crippen LogP contribution in [0.15, 0.2) is 0 Å².